The maximum Gasteiger partial charge on any atom is 1.00 e. The zero-order valence-electron chi connectivity index (χ0n) is 32.4. The molecule has 0 unspecified atom stereocenters. The molecule has 0 radical (unpaired) electrons. The van der Waals surface area contributed by atoms with Crippen LogP contribution in [0.1, 0.15) is 0 Å². The first-order valence-corrected chi connectivity index (χ1v) is 18.8. The van der Waals surface area contributed by atoms with Crippen molar-refractivity contribution in [3.63, 3.8) is 0 Å². The van der Waals surface area contributed by atoms with E-state index in [1.807, 2.05) is 0 Å². The molecule has 0 aliphatic rings. The van der Waals surface area contributed by atoms with Crippen LogP contribution >= 0.6 is 0 Å². The normalized spacial score (nSPS) is 11.2. The molecule has 0 saturated carbocycles. The Hall–Kier alpha value is -6.21. The van der Waals surface area contributed by atoms with Gasteiger partial charge in [-0.2, -0.15) is 0 Å². The van der Waals surface area contributed by atoms with Crippen molar-refractivity contribution in [1.82, 2.24) is 0 Å². The Morgan fingerprint density at radius 2 is 0.800 bits per heavy atom. The number of nitrogens with two attached hydrogens (primary N) is 2. The van der Waals surface area contributed by atoms with E-state index in [4.69, 9.17) is 11.5 Å². The van der Waals surface area contributed by atoms with Gasteiger partial charge in [-0.25, -0.2) is 16.8 Å². The number of aromatic hydroxyl groups is 4. The van der Waals surface area contributed by atoms with E-state index in [9.17, 15) is 86.8 Å². The van der Waals surface area contributed by atoms with Crippen LogP contribution in [0.4, 0.5) is 56.9 Å². The van der Waals surface area contributed by atoms with E-state index in [0.717, 1.165) is 12.1 Å². The standard InChI is InChI=1S/2C16H11N5O9S.Cr.2Na/c2*17-8-1-2-10-7(3-8)4-13(31(28,29)30)14(15(10)22)19-18-11-5-9(20(24)25)6-12(16(11)23)21(26)27;;;/h2*1-6,22-23H,17H2,(H,28,29,30);;;/q;;;2*+1/p-2. The first-order chi connectivity index (χ1) is 28.8. The molecule has 326 valence electrons. The van der Waals surface area contributed by atoms with Gasteiger partial charge in [0.1, 0.15) is 43.0 Å². The molecule has 28 nitrogen and oxygen atoms in total. The van der Waals surface area contributed by atoms with Gasteiger partial charge in [-0.05, 0) is 59.3 Å². The summed E-state index contributed by atoms with van der Waals surface area (Å²) in [6, 6.07) is 12.0. The Kier molecular flexibility index (Phi) is 17.9. The Balaban J connectivity index is 0.000000427. The first kappa shape index (κ1) is 54.9. The van der Waals surface area contributed by atoms with Crippen molar-refractivity contribution in [3.05, 3.63) is 113 Å². The van der Waals surface area contributed by atoms with Crippen LogP contribution in [0.2, 0.25) is 0 Å². The Morgan fingerprint density at radius 1 is 0.477 bits per heavy atom. The monoisotopic (exact) mass is 994 g/mol. The molecule has 33 heteroatoms. The smallest absolute Gasteiger partial charge is 0.744 e. The van der Waals surface area contributed by atoms with Crippen LogP contribution in [0.5, 0.6) is 23.0 Å². The zero-order chi connectivity index (χ0) is 46.2. The van der Waals surface area contributed by atoms with Crippen molar-refractivity contribution in [2.75, 3.05) is 11.5 Å². The van der Waals surface area contributed by atoms with Gasteiger partial charge in [0.05, 0.1) is 41.6 Å². The van der Waals surface area contributed by atoms with E-state index in [1.165, 1.54) is 36.4 Å². The summed E-state index contributed by atoms with van der Waals surface area (Å²) < 4.78 is 70.0. The molecular formula is C32H20CrN10Na2O18S2. The van der Waals surface area contributed by atoms with Gasteiger partial charge in [0.15, 0.2) is 11.5 Å². The molecule has 8 N–H and O–H groups in total. The van der Waals surface area contributed by atoms with E-state index >= 15 is 0 Å². The van der Waals surface area contributed by atoms with Crippen LogP contribution in [0, 0.1) is 40.5 Å². The summed E-state index contributed by atoms with van der Waals surface area (Å²) in [6.45, 7) is 0. The average Bonchev–Trinajstić information content (AvgIpc) is 3.16. The van der Waals surface area contributed by atoms with Gasteiger partial charge in [0.2, 0.25) is 11.5 Å². The quantitative estimate of drug-likeness (QED) is 0.0261. The Morgan fingerprint density at radius 3 is 1.08 bits per heavy atom. The van der Waals surface area contributed by atoms with Crippen molar-refractivity contribution in [2.24, 2.45) is 20.5 Å². The number of phenols is 4. The summed E-state index contributed by atoms with van der Waals surface area (Å²) in [4.78, 5) is 37.8. The fourth-order valence-corrected chi connectivity index (χ4v) is 6.63. The van der Waals surface area contributed by atoms with Crippen molar-refractivity contribution in [2.45, 2.75) is 9.79 Å². The number of nitro groups is 4. The molecular weight excluding hydrogens is 975 g/mol. The largest absolute Gasteiger partial charge is 1.00 e. The minimum atomic E-state index is -5.20. The number of benzene rings is 6. The number of hydrogen-bond acceptors (Lipinski definition) is 24. The van der Waals surface area contributed by atoms with Crippen LogP contribution in [0.15, 0.2) is 103 Å². The third-order valence-corrected chi connectivity index (χ3v) is 9.83. The Bertz CT molecular complexity index is 3040. The van der Waals surface area contributed by atoms with Gasteiger partial charge in [-0.3, -0.25) is 40.5 Å². The minimum absolute atomic E-state index is 0. The summed E-state index contributed by atoms with van der Waals surface area (Å²) in [5.74, 6) is -3.76. The number of fused-ring (bicyclic) bond motifs is 2. The summed E-state index contributed by atoms with van der Waals surface area (Å²) in [6.07, 6.45) is 0. The van der Waals surface area contributed by atoms with Crippen molar-refractivity contribution in [1.29, 1.82) is 0 Å². The molecule has 0 saturated heterocycles. The molecule has 0 bridgehead atoms. The van der Waals surface area contributed by atoms with Crippen molar-refractivity contribution in [3.8, 4) is 23.0 Å². The first-order valence-electron chi connectivity index (χ1n) is 16.0. The topological polar surface area (TPSA) is 469 Å². The van der Waals surface area contributed by atoms with Gasteiger partial charge >= 0.3 is 70.5 Å². The number of azo groups is 2. The van der Waals surface area contributed by atoms with Crippen LogP contribution in [0.25, 0.3) is 21.5 Å². The molecule has 0 heterocycles. The maximum absolute atomic E-state index is 11.7. The Labute approximate surface area is 415 Å². The van der Waals surface area contributed by atoms with E-state index < -0.39 is 118 Å². The summed E-state index contributed by atoms with van der Waals surface area (Å²) >= 11 is 0. The number of nitrogens with zero attached hydrogens (tertiary/aromatic N) is 8. The zero-order valence-corrected chi connectivity index (χ0v) is 39.3. The van der Waals surface area contributed by atoms with Gasteiger partial charge < -0.3 is 41.0 Å². The van der Waals surface area contributed by atoms with E-state index in [0.29, 0.717) is 24.3 Å². The van der Waals surface area contributed by atoms with Crippen LogP contribution in [-0.4, -0.2) is 66.1 Å². The van der Waals surface area contributed by atoms with Crippen LogP contribution < -0.4 is 70.6 Å². The number of phenolic OH excluding ortho intramolecular Hbond substituents is 4. The summed E-state index contributed by atoms with van der Waals surface area (Å²) in [5.41, 5.74) is 4.70. The summed E-state index contributed by atoms with van der Waals surface area (Å²) in [7, 11) is -10.4. The second kappa shape index (κ2) is 21.2. The number of anilines is 2. The average molecular weight is 995 g/mol. The van der Waals surface area contributed by atoms with Gasteiger partial charge in [-0.1, -0.05) is 0 Å². The molecule has 65 heavy (non-hydrogen) atoms. The molecule has 6 rings (SSSR count). The molecule has 6 aromatic rings. The van der Waals surface area contributed by atoms with Crippen molar-refractivity contribution >= 4 is 98.7 Å². The predicted molar refractivity (Wildman–Crippen MR) is 207 cm³/mol. The third kappa shape index (κ3) is 12.1. The molecule has 0 amide bonds. The van der Waals surface area contributed by atoms with Crippen LogP contribution in [-0.2, 0) is 37.6 Å². The molecule has 0 aliphatic heterocycles. The third-order valence-electron chi connectivity index (χ3n) is 8.13. The molecule has 0 aromatic heterocycles. The van der Waals surface area contributed by atoms with Crippen LogP contribution in [0.3, 0.4) is 0 Å². The number of nitrogen functional groups attached to an aromatic ring is 2. The second-order valence-electron chi connectivity index (χ2n) is 12.1. The fourth-order valence-electron chi connectivity index (χ4n) is 5.34. The van der Waals surface area contributed by atoms with Gasteiger partial charge in [0, 0.05) is 51.6 Å². The molecule has 0 atom stereocenters. The fraction of sp³-hybridized carbons (Fsp3) is 0. The summed E-state index contributed by atoms with van der Waals surface area (Å²) in [5, 5.41) is 98.8. The SMILES string of the molecule is Nc1ccc2c(O)c(N=Nc3cc([N+](=O)[O-])cc([N+](=O)[O-])c3O)c(S(=O)(=O)[O-])cc2c1.Nc1ccc2c(O)c(N=Nc3cc([N+](=O)[O-])cc([N+](=O)[O-])c3O)c(S(=O)(=O)[O-])cc2c1.[Cr].[Na+].[Na+]. The van der Waals surface area contributed by atoms with E-state index in [1.54, 1.807) is 0 Å². The second-order valence-corrected chi connectivity index (χ2v) is 14.8. The molecule has 0 aliphatic carbocycles. The maximum atomic E-state index is 11.7. The number of hydrogen-bond donors (Lipinski definition) is 6. The van der Waals surface area contributed by atoms with Crippen molar-refractivity contribution < 1.29 is 143 Å². The van der Waals surface area contributed by atoms with Gasteiger partial charge in [0.25, 0.3) is 11.4 Å². The van der Waals surface area contributed by atoms with E-state index in [-0.39, 0.29) is 109 Å². The van der Waals surface area contributed by atoms with Gasteiger partial charge in [-0.15, -0.1) is 20.5 Å². The van der Waals surface area contributed by atoms with E-state index in [2.05, 4.69) is 20.5 Å². The number of rotatable bonds is 10. The number of nitro benzene ring substituents is 4. The minimum Gasteiger partial charge on any atom is -0.744 e. The molecule has 0 fully saturated rings. The molecule has 6 aromatic carbocycles. The predicted octanol–water partition coefficient (Wildman–Crippen LogP) is -0.0563. The number of non-ortho nitro benzene ring substituents is 2. The molecule has 0 spiro atoms.